The first-order valence-electron chi connectivity index (χ1n) is 8.37. The van der Waals surface area contributed by atoms with Gasteiger partial charge in [-0.1, -0.05) is 6.92 Å². The molecule has 4 unspecified atom stereocenters. The second kappa shape index (κ2) is 4.92. The molecule has 1 amide bonds. The van der Waals surface area contributed by atoms with Gasteiger partial charge in [-0.05, 0) is 24.3 Å². The van der Waals surface area contributed by atoms with Crippen LogP contribution in [0.1, 0.15) is 39.0 Å². The van der Waals surface area contributed by atoms with Crippen LogP contribution in [0.15, 0.2) is 16.3 Å². The Morgan fingerprint density at radius 3 is 2.67 bits per heavy atom. The molecule has 0 aromatic carbocycles. The van der Waals surface area contributed by atoms with Gasteiger partial charge in [0.25, 0.3) is 0 Å². The minimum absolute atomic E-state index is 0.0287. The fraction of sp³-hybridized carbons (Fsp3) is 0.706. The van der Waals surface area contributed by atoms with Gasteiger partial charge < -0.3 is 4.90 Å². The molecule has 0 radical (unpaired) electrons. The Balaban J connectivity index is 1.61. The number of Topliss-reactive ketones (excluding diaryl/α,β-unsaturated/α-hetero) is 1. The zero-order valence-electron chi connectivity index (χ0n) is 13.4. The van der Waals surface area contributed by atoms with Crippen LogP contribution >= 0.6 is 0 Å². The average Bonchev–Trinajstić information content (AvgIpc) is 3.01. The van der Waals surface area contributed by atoms with E-state index >= 15 is 0 Å². The van der Waals surface area contributed by atoms with E-state index in [1.807, 2.05) is 6.92 Å². The highest BCUT2D eigenvalue weighted by Crippen LogP contribution is 2.54. The van der Waals surface area contributed by atoms with E-state index < -0.39 is 17.5 Å². The summed E-state index contributed by atoms with van der Waals surface area (Å²) in [4.78, 5) is 30.5. The number of carbonyl (C=O) groups is 2. The molecule has 3 aliphatic heterocycles. The van der Waals surface area contributed by atoms with Crippen LogP contribution in [0.25, 0.3) is 0 Å². The van der Waals surface area contributed by atoms with Gasteiger partial charge in [-0.25, -0.2) is 0 Å². The summed E-state index contributed by atoms with van der Waals surface area (Å²) < 4.78 is 38.9. The zero-order valence-corrected chi connectivity index (χ0v) is 13.4. The number of aliphatic imine (C=N–C) groups is 1. The summed E-state index contributed by atoms with van der Waals surface area (Å²) in [7, 11) is 0. The quantitative estimate of drug-likeness (QED) is 0.681. The summed E-state index contributed by atoms with van der Waals surface area (Å²) in [6, 6.07) is -0.0539. The topological polar surface area (TPSA) is 49.7 Å². The summed E-state index contributed by atoms with van der Waals surface area (Å²) >= 11 is 0. The van der Waals surface area contributed by atoms with Crippen molar-refractivity contribution in [2.24, 2.45) is 22.2 Å². The Labute approximate surface area is 137 Å². The number of amides is 1. The lowest BCUT2D eigenvalue weighted by molar-refractivity contribution is -0.154. The van der Waals surface area contributed by atoms with Crippen LogP contribution in [0.2, 0.25) is 0 Å². The lowest BCUT2D eigenvalue weighted by atomic mass is 9.73. The van der Waals surface area contributed by atoms with E-state index in [9.17, 15) is 22.8 Å². The highest BCUT2D eigenvalue weighted by molar-refractivity contribution is 5.95. The maximum Gasteiger partial charge on any atom is 0.396 e. The summed E-state index contributed by atoms with van der Waals surface area (Å²) in [5.74, 6) is -1.47. The molecule has 130 valence electrons. The highest BCUT2D eigenvalue weighted by atomic mass is 19.4. The number of alkyl halides is 3. The molecule has 4 atom stereocenters. The van der Waals surface area contributed by atoms with Crippen LogP contribution in [-0.2, 0) is 9.59 Å². The molecular weight excluding hydrogens is 321 g/mol. The Morgan fingerprint density at radius 2 is 2.04 bits per heavy atom. The van der Waals surface area contributed by atoms with Crippen molar-refractivity contribution in [1.29, 1.82) is 0 Å². The minimum Gasteiger partial charge on any atom is -0.334 e. The number of fused-ring (bicyclic) bond motifs is 1. The maximum atomic E-state index is 13.0. The summed E-state index contributed by atoms with van der Waals surface area (Å²) in [5.41, 5.74) is 0.694. The fourth-order valence-electron chi connectivity index (χ4n) is 4.87. The summed E-state index contributed by atoms with van der Waals surface area (Å²) in [6.07, 6.45) is -1.64. The lowest BCUT2D eigenvalue weighted by Crippen LogP contribution is -2.42. The fourth-order valence-corrected chi connectivity index (χ4v) is 4.87. The van der Waals surface area contributed by atoms with Crippen molar-refractivity contribution >= 4 is 17.9 Å². The molecule has 0 bridgehead atoms. The van der Waals surface area contributed by atoms with Gasteiger partial charge >= 0.3 is 6.18 Å². The van der Waals surface area contributed by atoms with Gasteiger partial charge in [0, 0.05) is 43.8 Å². The first-order chi connectivity index (χ1) is 11.2. The van der Waals surface area contributed by atoms with Crippen molar-refractivity contribution in [1.82, 2.24) is 4.90 Å². The normalized spacial score (nSPS) is 39.0. The Morgan fingerprint density at radius 1 is 1.29 bits per heavy atom. The SMILES string of the molecule is CC1C2CC3=C(CC(C(F)(F)F)C=N3)CN2C(=O)C12CCC(=O)C2. The van der Waals surface area contributed by atoms with Gasteiger partial charge in [-0.2, -0.15) is 13.2 Å². The third-order valence-corrected chi connectivity index (χ3v) is 6.37. The molecule has 0 aromatic rings. The molecule has 1 spiro atoms. The molecular formula is C17H19F3N2O2. The number of hydrogen-bond donors (Lipinski definition) is 0. The Hall–Kier alpha value is -1.66. The first-order valence-corrected chi connectivity index (χ1v) is 8.37. The number of ketones is 1. The third-order valence-electron chi connectivity index (χ3n) is 6.37. The van der Waals surface area contributed by atoms with Gasteiger partial charge in [-0.15, -0.1) is 0 Å². The molecule has 0 N–H and O–H groups in total. The van der Waals surface area contributed by atoms with Crippen molar-refractivity contribution < 1.29 is 22.8 Å². The number of hydrogen-bond acceptors (Lipinski definition) is 3. The van der Waals surface area contributed by atoms with Gasteiger partial charge in [0.1, 0.15) is 5.78 Å². The predicted molar refractivity (Wildman–Crippen MR) is 80.3 cm³/mol. The van der Waals surface area contributed by atoms with Crippen LogP contribution in [0, 0.1) is 17.3 Å². The van der Waals surface area contributed by atoms with E-state index in [2.05, 4.69) is 4.99 Å². The monoisotopic (exact) mass is 340 g/mol. The number of carbonyl (C=O) groups excluding carboxylic acids is 2. The maximum absolute atomic E-state index is 13.0. The van der Waals surface area contributed by atoms with Crippen LogP contribution in [0.5, 0.6) is 0 Å². The van der Waals surface area contributed by atoms with E-state index in [0.717, 1.165) is 6.21 Å². The van der Waals surface area contributed by atoms with Gasteiger partial charge in [0.2, 0.25) is 5.91 Å². The number of nitrogens with zero attached hydrogens (tertiary/aromatic N) is 2. The first kappa shape index (κ1) is 15.8. The smallest absolute Gasteiger partial charge is 0.334 e. The number of halogens is 3. The van der Waals surface area contributed by atoms with Crippen LogP contribution in [0.4, 0.5) is 13.2 Å². The lowest BCUT2D eigenvalue weighted by Gasteiger charge is -2.36. The standard InChI is InChI=1S/C17H19F3N2O2/c1-9-14-5-13-10(4-11(7-21-13)17(18,19)20)8-22(14)15(24)16(9)3-2-12(23)6-16/h7,9,11,14H,2-6,8H2,1H3. The molecule has 4 nitrogen and oxygen atoms in total. The van der Waals surface area contributed by atoms with Crippen LogP contribution < -0.4 is 0 Å². The zero-order chi connectivity index (χ0) is 17.3. The van der Waals surface area contributed by atoms with Crippen molar-refractivity contribution in [3.8, 4) is 0 Å². The second-order valence-electron chi connectivity index (χ2n) is 7.55. The highest BCUT2D eigenvalue weighted by Gasteiger charge is 2.60. The third kappa shape index (κ3) is 2.09. The molecule has 1 saturated heterocycles. The van der Waals surface area contributed by atoms with Crippen molar-refractivity contribution in [3.63, 3.8) is 0 Å². The second-order valence-corrected chi connectivity index (χ2v) is 7.55. The molecule has 7 heteroatoms. The van der Waals surface area contributed by atoms with E-state index in [4.69, 9.17) is 0 Å². The molecule has 24 heavy (non-hydrogen) atoms. The van der Waals surface area contributed by atoms with Gasteiger partial charge in [-0.3, -0.25) is 14.6 Å². The van der Waals surface area contributed by atoms with Crippen molar-refractivity contribution in [2.75, 3.05) is 6.54 Å². The minimum atomic E-state index is -4.31. The van der Waals surface area contributed by atoms with E-state index in [1.165, 1.54) is 0 Å². The Bertz CT molecular complexity index is 682. The van der Waals surface area contributed by atoms with E-state index in [0.29, 0.717) is 30.5 Å². The molecule has 1 saturated carbocycles. The van der Waals surface area contributed by atoms with Crippen molar-refractivity contribution in [2.45, 2.75) is 51.2 Å². The van der Waals surface area contributed by atoms with Crippen LogP contribution in [0.3, 0.4) is 0 Å². The summed E-state index contributed by atoms with van der Waals surface area (Å²) in [5, 5.41) is 0. The molecule has 1 aliphatic carbocycles. The largest absolute Gasteiger partial charge is 0.396 e. The van der Waals surface area contributed by atoms with Gasteiger partial charge in [0.05, 0.1) is 11.3 Å². The summed E-state index contributed by atoms with van der Waals surface area (Å²) in [6.45, 7) is 2.22. The number of rotatable bonds is 0. The molecule has 4 rings (SSSR count). The average molecular weight is 340 g/mol. The van der Waals surface area contributed by atoms with E-state index in [-0.39, 0.29) is 43.0 Å². The molecule has 2 fully saturated rings. The molecule has 4 aliphatic rings. The Kier molecular flexibility index (Phi) is 3.25. The molecule has 0 aromatic heterocycles. The molecule has 3 heterocycles. The van der Waals surface area contributed by atoms with Crippen molar-refractivity contribution in [3.05, 3.63) is 11.3 Å². The van der Waals surface area contributed by atoms with Gasteiger partial charge in [0.15, 0.2) is 0 Å². The predicted octanol–water partition coefficient (Wildman–Crippen LogP) is 2.88. The van der Waals surface area contributed by atoms with E-state index in [1.54, 1.807) is 4.90 Å². The van der Waals surface area contributed by atoms with Crippen LogP contribution in [-0.4, -0.2) is 41.6 Å².